The number of rotatable bonds is 4. The van der Waals surface area contributed by atoms with Crippen molar-refractivity contribution in [1.29, 1.82) is 0 Å². The van der Waals surface area contributed by atoms with Crippen molar-refractivity contribution in [3.63, 3.8) is 0 Å². The molecular formula is C12H25NO. The normalized spacial score (nSPS) is 29.1. The highest BCUT2D eigenvalue weighted by Gasteiger charge is 2.21. The van der Waals surface area contributed by atoms with Crippen molar-refractivity contribution >= 4 is 0 Å². The van der Waals surface area contributed by atoms with Crippen LogP contribution in [0.1, 0.15) is 46.5 Å². The zero-order valence-electron chi connectivity index (χ0n) is 10.1. The predicted octanol–water partition coefficient (Wildman–Crippen LogP) is 2.58. The Balaban J connectivity index is 2.19. The second-order valence-electron chi connectivity index (χ2n) is 5.29. The van der Waals surface area contributed by atoms with Crippen molar-refractivity contribution in [2.75, 3.05) is 13.7 Å². The van der Waals surface area contributed by atoms with Gasteiger partial charge >= 0.3 is 0 Å². The monoisotopic (exact) mass is 199 g/mol. The number of hydrogen-bond acceptors (Lipinski definition) is 2. The number of ether oxygens (including phenoxy) is 1. The third kappa shape index (κ3) is 3.97. The van der Waals surface area contributed by atoms with E-state index >= 15 is 0 Å². The highest BCUT2D eigenvalue weighted by atomic mass is 16.5. The molecule has 2 unspecified atom stereocenters. The summed E-state index contributed by atoms with van der Waals surface area (Å²) in [5, 5.41) is 3.61. The van der Waals surface area contributed by atoms with Crippen molar-refractivity contribution in [3.8, 4) is 0 Å². The lowest BCUT2D eigenvalue weighted by Gasteiger charge is -2.31. The maximum atomic E-state index is 5.42. The molecule has 1 rings (SSSR count). The van der Waals surface area contributed by atoms with Gasteiger partial charge in [-0.05, 0) is 52.0 Å². The van der Waals surface area contributed by atoms with Crippen LogP contribution in [0.4, 0.5) is 0 Å². The first-order valence-electron chi connectivity index (χ1n) is 5.82. The molecule has 84 valence electrons. The minimum Gasteiger partial charge on any atom is -0.379 e. The summed E-state index contributed by atoms with van der Waals surface area (Å²) in [6.45, 7) is 7.84. The molecule has 2 heteroatoms. The number of hydrogen-bond donors (Lipinski definition) is 1. The summed E-state index contributed by atoms with van der Waals surface area (Å²) in [6, 6.07) is 0.723. The molecule has 2 atom stereocenters. The summed E-state index contributed by atoms with van der Waals surface area (Å²) in [4.78, 5) is 0. The lowest BCUT2D eigenvalue weighted by atomic mass is 9.91. The van der Waals surface area contributed by atoms with Gasteiger partial charge in [0.1, 0.15) is 0 Å². The minimum atomic E-state index is 0.0464. The third-order valence-corrected chi connectivity index (χ3v) is 3.41. The Kier molecular flexibility index (Phi) is 4.39. The van der Waals surface area contributed by atoms with Gasteiger partial charge in [0.2, 0.25) is 0 Å². The highest BCUT2D eigenvalue weighted by Crippen LogP contribution is 2.21. The molecule has 0 radical (unpaired) electrons. The smallest absolute Gasteiger partial charge is 0.0623 e. The van der Waals surface area contributed by atoms with Crippen LogP contribution in [0.3, 0.4) is 0 Å². The van der Waals surface area contributed by atoms with Crippen molar-refractivity contribution in [2.45, 2.75) is 58.1 Å². The average Bonchev–Trinajstić information content (AvgIpc) is 2.17. The lowest BCUT2D eigenvalue weighted by molar-refractivity contribution is 0.0108. The number of methoxy groups -OCH3 is 1. The molecule has 0 aromatic carbocycles. The molecule has 1 N–H and O–H groups in total. The number of nitrogens with one attached hydrogen (secondary N) is 1. The van der Waals surface area contributed by atoms with Gasteiger partial charge < -0.3 is 10.1 Å². The molecule has 14 heavy (non-hydrogen) atoms. The van der Waals surface area contributed by atoms with E-state index in [2.05, 4.69) is 26.1 Å². The first-order valence-corrected chi connectivity index (χ1v) is 5.82. The molecule has 0 aromatic rings. The number of piperidine rings is 1. The Bertz CT molecular complexity index is 160. The fourth-order valence-electron chi connectivity index (χ4n) is 1.93. The molecule has 0 saturated carbocycles. The zero-order valence-corrected chi connectivity index (χ0v) is 10.1. The molecule has 1 saturated heterocycles. The molecule has 2 nitrogen and oxygen atoms in total. The largest absolute Gasteiger partial charge is 0.379 e. The zero-order chi connectivity index (χ0) is 10.6. The average molecular weight is 199 g/mol. The summed E-state index contributed by atoms with van der Waals surface area (Å²) in [5.74, 6) is 0.863. The fraction of sp³-hybridized carbons (Fsp3) is 1.00. The second-order valence-corrected chi connectivity index (χ2v) is 5.29. The second kappa shape index (κ2) is 5.13. The van der Waals surface area contributed by atoms with Crippen LogP contribution >= 0.6 is 0 Å². The van der Waals surface area contributed by atoms with Crippen molar-refractivity contribution in [3.05, 3.63) is 0 Å². The van der Waals surface area contributed by atoms with Crippen LogP contribution in [0.5, 0.6) is 0 Å². The van der Waals surface area contributed by atoms with Crippen LogP contribution in [-0.2, 0) is 4.74 Å². The van der Waals surface area contributed by atoms with Gasteiger partial charge in [0.15, 0.2) is 0 Å². The van der Waals surface area contributed by atoms with Gasteiger partial charge in [0.05, 0.1) is 5.60 Å². The van der Waals surface area contributed by atoms with Crippen LogP contribution < -0.4 is 5.32 Å². The Morgan fingerprint density at radius 3 is 2.57 bits per heavy atom. The summed E-state index contributed by atoms with van der Waals surface area (Å²) in [7, 11) is 1.80. The minimum absolute atomic E-state index is 0.0464. The van der Waals surface area contributed by atoms with E-state index in [1.807, 2.05) is 0 Å². The Hall–Kier alpha value is -0.0800. The van der Waals surface area contributed by atoms with Crippen LogP contribution in [0.15, 0.2) is 0 Å². The van der Waals surface area contributed by atoms with Crippen molar-refractivity contribution in [1.82, 2.24) is 5.32 Å². The van der Waals surface area contributed by atoms with Gasteiger partial charge in [-0.3, -0.25) is 0 Å². The first-order chi connectivity index (χ1) is 6.53. The van der Waals surface area contributed by atoms with E-state index < -0.39 is 0 Å². The molecule has 0 bridgehead atoms. The van der Waals surface area contributed by atoms with Crippen LogP contribution in [-0.4, -0.2) is 25.3 Å². The van der Waals surface area contributed by atoms with Crippen LogP contribution in [0, 0.1) is 5.92 Å². The van der Waals surface area contributed by atoms with E-state index in [1.54, 1.807) is 7.11 Å². The van der Waals surface area contributed by atoms with E-state index in [9.17, 15) is 0 Å². The van der Waals surface area contributed by atoms with Crippen molar-refractivity contribution < 1.29 is 4.74 Å². The standard InChI is InChI=1S/C12H25NO/c1-10-5-6-11(13-9-10)7-8-12(2,3)14-4/h10-11,13H,5-9H2,1-4H3. The SMILES string of the molecule is COC(C)(C)CCC1CCC(C)CN1. The molecule has 0 aromatic heterocycles. The van der Waals surface area contributed by atoms with Crippen LogP contribution in [0.2, 0.25) is 0 Å². The van der Waals surface area contributed by atoms with Gasteiger partial charge in [0, 0.05) is 13.2 Å². The lowest BCUT2D eigenvalue weighted by Crippen LogP contribution is -2.39. The van der Waals surface area contributed by atoms with Gasteiger partial charge in [-0.25, -0.2) is 0 Å². The summed E-state index contributed by atoms with van der Waals surface area (Å²) in [6.07, 6.45) is 5.11. The summed E-state index contributed by atoms with van der Waals surface area (Å²) >= 11 is 0. The fourth-order valence-corrected chi connectivity index (χ4v) is 1.93. The quantitative estimate of drug-likeness (QED) is 0.751. The first kappa shape index (κ1) is 12.0. The van der Waals surface area contributed by atoms with Crippen molar-refractivity contribution in [2.24, 2.45) is 5.92 Å². The van der Waals surface area contributed by atoms with Gasteiger partial charge in [-0.1, -0.05) is 6.92 Å². The van der Waals surface area contributed by atoms with Gasteiger partial charge in [-0.15, -0.1) is 0 Å². The summed E-state index contributed by atoms with van der Waals surface area (Å²) in [5.41, 5.74) is 0.0464. The Morgan fingerprint density at radius 1 is 1.36 bits per heavy atom. The summed E-state index contributed by atoms with van der Waals surface area (Å²) < 4.78 is 5.42. The Labute approximate surface area is 88.4 Å². The molecule has 1 aliphatic rings. The van der Waals surface area contributed by atoms with E-state index in [4.69, 9.17) is 4.74 Å². The molecule has 1 heterocycles. The predicted molar refractivity (Wildman–Crippen MR) is 60.5 cm³/mol. The van der Waals surface area contributed by atoms with E-state index in [-0.39, 0.29) is 5.60 Å². The molecule has 1 aliphatic heterocycles. The highest BCUT2D eigenvalue weighted by molar-refractivity contribution is 4.79. The maximum absolute atomic E-state index is 5.42. The molecule has 0 spiro atoms. The van der Waals surface area contributed by atoms with Gasteiger partial charge in [0.25, 0.3) is 0 Å². The topological polar surface area (TPSA) is 21.3 Å². The van der Waals surface area contributed by atoms with Gasteiger partial charge in [-0.2, -0.15) is 0 Å². The van der Waals surface area contributed by atoms with Crippen LogP contribution in [0.25, 0.3) is 0 Å². The van der Waals surface area contributed by atoms with E-state index in [0.29, 0.717) is 0 Å². The molecule has 0 aliphatic carbocycles. The Morgan fingerprint density at radius 2 is 2.07 bits per heavy atom. The molecule has 0 amide bonds. The maximum Gasteiger partial charge on any atom is 0.0623 e. The third-order valence-electron chi connectivity index (χ3n) is 3.41. The van der Waals surface area contributed by atoms with E-state index in [1.165, 1.54) is 25.8 Å². The molecular weight excluding hydrogens is 174 g/mol. The molecule has 1 fully saturated rings. The van der Waals surface area contributed by atoms with E-state index in [0.717, 1.165) is 18.4 Å².